The second-order valence-electron chi connectivity index (χ2n) is 5.65. The van der Waals surface area contributed by atoms with Crippen molar-refractivity contribution < 1.29 is 9.53 Å². The van der Waals surface area contributed by atoms with Crippen molar-refractivity contribution in [3.8, 4) is 0 Å². The number of carbonyl (C=O) groups excluding carboxylic acids is 1. The number of ether oxygens (including phenoxy) is 1. The van der Waals surface area contributed by atoms with E-state index in [2.05, 4.69) is 9.80 Å². The van der Waals surface area contributed by atoms with Crippen LogP contribution in [-0.2, 0) is 4.74 Å². The molecular formula is C13H23N3O2. The Kier molecular flexibility index (Phi) is 3.43. The zero-order valence-electron chi connectivity index (χ0n) is 11.2. The minimum absolute atomic E-state index is 0.213. The lowest BCUT2D eigenvalue weighted by Gasteiger charge is -2.44. The maximum atomic E-state index is 12.2. The molecule has 0 bridgehead atoms. The van der Waals surface area contributed by atoms with Crippen LogP contribution in [0.15, 0.2) is 0 Å². The van der Waals surface area contributed by atoms with Gasteiger partial charge < -0.3 is 14.5 Å². The predicted octanol–water partition coefficient (Wildman–Crippen LogP) is 0.607. The van der Waals surface area contributed by atoms with Crippen molar-refractivity contribution >= 4 is 6.03 Å². The van der Waals surface area contributed by atoms with E-state index in [1.165, 1.54) is 19.3 Å². The number of amides is 2. The van der Waals surface area contributed by atoms with Gasteiger partial charge in [-0.25, -0.2) is 4.79 Å². The molecule has 0 unspecified atom stereocenters. The summed E-state index contributed by atoms with van der Waals surface area (Å²) in [7, 11) is 1.69. The smallest absolute Gasteiger partial charge is 0.320 e. The van der Waals surface area contributed by atoms with Crippen molar-refractivity contribution in [2.75, 3.05) is 46.4 Å². The lowest BCUT2D eigenvalue weighted by atomic mass is 9.90. The Balaban J connectivity index is 1.57. The van der Waals surface area contributed by atoms with Crippen LogP contribution in [0.2, 0.25) is 0 Å². The van der Waals surface area contributed by atoms with Crippen LogP contribution in [0.1, 0.15) is 19.3 Å². The van der Waals surface area contributed by atoms with E-state index in [9.17, 15) is 4.79 Å². The van der Waals surface area contributed by atoms with Crippen molar-refractivity contribution in [3.05, 3.63) is 0 Å². The number of piperazine rings is 1. The minimum Gasteiger partial charge on any atom is -0.383 e. The molecule has 3 rings (SSSR count). The van der Waals surface area contributed by atoms with Gasteiger partial charge in [-0.2, -0.15) is 0 Å². The van der Waals surface area contributed by atoms with Crippen molar-refractivity contribution in [3.63, 3.8) is 0 Å². The van der Waals surface area contributed by atoms with Crippen LogP contribution in [0.25, 0.3) is 0 Å². The number of urea groups is 1. The SMILES string of the molecule is COCCN1C[C@H]2CN(C3CCC3)CCN2C1=O. The molecule has 0 aromatic rings. The van der Waals surface area contributed by atoms with Gasteiger partial charge in [-0.3, -0.25) is 4.90 Å². The van der Waals surface area contributed by atoms with E-state index in [1.54, 1.807) is 7.11 Å². The third-order valence-corrected chi connectivity index (χ3v) is 4.62. The van der Waals surface area contributed by atoms with Gasteiger partial charge in [0.15, 0.2) is 0 Å². The van der Waals surface area contributed by atoms with Gasteiger partial charge in [-0.05, 0) is 12.8 Å². The molecule has 0 aromatic carbocycles. The van der Waals surface area contributed by atoms with Gasteiger partial charge in [0.2, 0.25) is 0 Å². The van der Waals surface area contributed by atoms with Gasteiger partial charge in [-0.15, -0.1) is 0 Å². The third-order valence-electron chi connectivity index (χ3n) is 4.62. The molecule has 2 saturated heterocycles. The molecule has 0 N–H and O–H groups in total. The number of rotatable bonds is 4. The second kappa shape index (κ2) is 5.05. The molecule has 1 saturated carbocycles. The fraction of sp³-hybridized carbons (Fsp3) is 0.923. The topological polar surface area (TPSA) is 36.0 Å². The molecule has 0 spiro atoms. The van der Waals surface area contributed by atoms with Gasteiger partial charge >= 0.3 is 6.03 Å². The molecule has 2 amide bonds. The van der Waals surface area contributed by atoms with E-state index >= 15 is 0 Å². The zero-order valence-corrected chi connectivity index (χ0v) is 11.2. The molecule has 3 fully saturated rings. The fourth-order valence-electron chi connectivity index (χ4n) is 3.27. The third kappa shape index (κ3) is 2.10. The Bertz CT molecular complexity index is 319. The van der Waals surface area contributed by atoms with Gasteiger partial charge in [-0.1, -0.05) is 6.42 Å². The van der Waals surface area contributed by atoms with Crippen LogP contribution in [-0.4, -0.2) is 79.3 Å². The van der Waals surface area contributed by atoms with Crippen LogP contribution in [0, 0.1) is 0 Å². The molecule has 2 aliphatic heterocycles. The molecule has 0 aromatic heterocycles. The van der Waals surface area contributed by atoms with Crippen LogP contribution < -0.4 is 0 Å². The van der Waals surface area contributed by atoms with E-state index in [4.69, 9.17) is 4.74 Å². The average Bonchev–Trinajstić information content (AvgIpc) is 2.61. The summed E-state index contributed by atoms with van der Waals surface area (Å²) in [6.45, 7) is 5.28. The number of hydrogen-bond donors (Lipinski definition) is 0. The summed E-state index contributed by atoms with van der Waals surface area (Å²) in [5.41, 5.74) is 0. The van der Waals surface area contributed by atoms with Crippen LogP contribution in [0.5, 0.6) is 0 Å². The Hall–Kier alpha value is -0.810. The lowest BCUT2D eigenvalue weighted by Crippen LogP contribution is -2.56. The molecule has 2 heterocycles. The van der Waals surface area contributed by atoms with Crippen molar-refractivity contribution in [2.45, 2.75) is 31.3 Å². The molecule has 1 aliphatic carbocycles. The Labute approximate surface area is 109 Å². The highest BCUT2D eigenvalue weighted by molar-refractivity contribution is 5.77. The standard InChI is InChI=1S/C13H23N3O2/c1-18-8-7-15-10-12-9-14(11-3-2-4-11)5-6-16(12)13(15)17/h11-12H,2-10H2,1H3/t12-/m1/s1. The zero-order chi connectivity index (χ0) is 12.5. The summed E-state index contributed by atoms with van der Waals surface area (Å²) in [6, 6.07) is 1.42. The second-order valence-corrected chi connectivity index (χ2v) is 5.65. The molecule has 5 heteroatoms. The van der Waals surface area contributed by atoms with E-state index in [0.717, 1.165) is 38.8 Å². The summed E-state index contributed by atoms with van der Waals surface area (Å²) in [4.78, 5) is 18.8. The first-order valence-corrected chi connectivity index (χ1v) is 7.08. The first-order valence-electron chi connectivity index (χ1n) is 7.08. The molecule has 102 valence electrons. The van der Waals surface area contributed by atoms with E-state index in [-0.39, 0.29) is 6.03 Å². The monoisotopic (exact) mass is 253 g/mol. The minimum atomic E-state index is 0.213. The quantitative estimate of drug-likeness (QED) is 0.736. The molecule has 3 aliphatic rings. The summed E-state index contributed by atoms with van der Waals surface area (Å²) >= 11 is 0. The van der Waals surface area contributed by atoms with Gasteiger partial charge in [0.05, 0.1) is 12.6 Å². The molecule has 5 nitrogen and oxygen atoms in total. The number of nitrogens with zero attached hydrogens (tertiary/aromatic N) is 3. The normalized spacial score (nSPS) is 29.6. The predicted molar refractivity (Wildman–Crippen MR) is 68.6 cm³/mol. The fourth-order valence-corrected chi connectivity index (χ4v) is 3.27. The summed E-state index contributed by atoms with van der Waals surface area (Å²) < 4.78 is 5.07. The Morgan fingerprint density at radius 3 is 2.72 bits per heavy atom. The first kappa shape index (κ1) is 12.2. The van der Waals surface area contributed by atoms with E-state index in [0.29, 0.717) is 12.6 Å². The molecule has 18 heavy (non-hydrogen) atoms. The average molecular weight is 253 g/mol. The van der Waals surface area contributed by atoms with Gasteiger partial charge in [0, 0.05) is 45.9 Å². The molecular weight excluding hydrogens is 230 g/mol. The Morgan fingerprint density at radius 2 is 2.06 bits per heavy atom. The van der Waals surface area contributed by atoms with Gasteiger partial charge in [0.1, 0.15) is 0 Å². The summed E-state index contributed by atoms with van der Waals surface area (Å²) in [5, 5.41) is 0. The number of carbonyl (C=O) groups is 1. The summed E-state index contributed by atoms with van der Waals surface area (Å²) in [6.07, 6.45) is 4.09. The highest BCUT2D eigenvalue weighted by Crippen LogP contribution is 2.29. The number of methoxy groups -OCH3 is 1. The van der Waals surface area contributed by atoms with Crippen LogP contribution in [0.4, 0.5) is 4.79 Å². The lowest BCUT2D eigenvalue weighted by molar-refractivity contribution is 0.0558. The van der Waals surface area contributed by atoms with Crippen molar-refractivity contribution in [2.24, 2.45) is 0 Å². The first-order chi connectivity index (χ1) is 8.79. The number of fused-ring (bicyclic) bond motifs is 1. The molecule has 1 atom stereocenters. The number of hydrogen-bond acceptors (Lipinski definition) is 3. The maximum absolute atomic E-state index is 12.2. The van der Waals surface area contributed by atoms with Crippen molar-refractivity contribution in [1.82, 2.24) is 14.7 Å². The van der Waals surface area contributed by atoms with Crippen molar-refractivity contribution in [1.29, 1.82) is 0 Å². The molecule has 0 radical (unpaired) electrons. The maximum Gasteiger partial charge on any atom is 0.320 e. The highest BCUT2D eigenvalue weighted by Gasteiger charge is 2.42. The van der Waals surface area contributed by atoms with Crippen LogP contribution >= 0.6 is 0 Å². The van der Waals surface area contributed by atoms with E-state index < -0.39 is 0 Å². The Morgan fingerprint density at radius 1 is 1.22 bits per heavy atom. The highest BCUT2D eigenvalue weighted by atomic mass is 16.5. The summed E-state index contributed by atoms with van der Waals surface area (Å²) in [5.74, 6) is 0. The van der Waals surface area contributed by atoms with Gasteiger partial charge in [0.25, 0.3) is 0 Å². The van der Waals surface area contributed by atoms with Crippen LogP contribution in [0.3, 0.4) is 0 Å². The largest absolute Gasteiger partial charge is 0.383 e. The van der Waals surface area contributed by atoms with E-state index in [1.807, 2.05) is 4.90 Å².